The number of rotatable bonds is 8. The van der Waals surface area contributed by atoms with E-state index in [1.165, 1.54) is 0 Å². The maximum atomic E-state index is 11.0. The molecule has 1 unspecified atom stereocenters. The molecular formula is C14H22N2O4. The van der Waals surface area contributed by atoms with Crippen molar-refractivity contribution in [1.29, 1.82) is 0 Å². The molecule has 0 heterocycles. The first kappa shape index (κ1) is 16.1. The topological polar surface area (TPSA) is 96.8 Å². The zero-order valence-electron chi connectivity index (χ0n) is 12.1. The smallest absolute Gasteiger partial charge is 0.223 e. The van der Waals surface area contributed by atoms with Crippen molar-refractivity contribution in [2.75, 3.05) is 27.4 Å². The van der Waals surface area contributed by atoms with Gasteiger partial charge in [0, 0.05) is 0 Å². The number of hydrogen-bond acceptors (Lipinski definition) is 5. The molecule has 0 aromatic heterocycles. The first-order valence-electron chi connectivity index (χ1n) is 6.40. The van der Waals surface area contributed by atoms with Gasteiger partial charge < -0.3 is 25.7 Å². The predicted octanol–water partition coefficient (Wildman–Crippen LogP) is 0.705. The number of carbonyl (C=O) groups is 1. The van der Waals surface area contributed by atoms with Crippen molar-refractivity contribution in [3.05, 3.63) is 17.7 Å². The highest BCUT2D eigenvalue weighted by molar-refractivity contribution is 5.76. The van der Waals surface area contributed by atoms with Gasteiger partial charge in [-0.15, -0.1) is 0 Å². The van der Waals surface area contributed by atoms with Crippen LogP contribution in [0.4, 0.5) is 0 Å². The normalized spacial score (nSPS) is 11.8. The number of primary amides is 1. The number of nitrogens with two attached hydrogens (primary N) is 2. The zero-order valence-corrected chi connectivity index (χ0v) is 12.1. The summed E-state index contributed by atoms with van der Waals surface area (Å²) in [4.78, 5) is 11.0. The lowest BCUT2D eigenvalue weighted by Gasteiger charge is -2.17. The van der Waals surface area contributed by atoms with Crippen molar-refractivity contribution >= 4 is 5.91 Å². The Morgan fingerprint density at radius 3 is 2.20 bits per heavy atom. The molecule has 112 valence electrons. The van der Waals surface area contributed by atoms with Gasteiger partial charge >= 0.3 is 0 Å². The Bertz CT molecular complexity index is 437. The van der Waals surface area contributed by atoms with Crippen molar-refractivity contribution in [2.45, 2.75) is 13.3 Å². The van der Waals surface area contributed by atoms with Gasteiger partial charge in [-0.2, -0.15) is 0 Å². The van der Waals surface area contributed by atoms with Crippen molar-refractivity contribution in [3.8, 4) is 17.2 Å². The minimum Gasteiger partial charge on any atom is -0.493 e. The molecule has 0 radical (unpaired) electrons. The molecule has 0 saturated carbocycles. The molecule has 0 saturated heterocycles. The van der Waals surface area contributed by atoms with E-state index in [0.717, 1.165) is 5.56 Å². The summed E-state index contributed by atoms with van der Waals surface area (Å²) in [6.45, 7) is 2.40. The standard InChI is InChI=1S/C14H22N2O4/c1-9(14(16)17)8-20-13-11(18-2)6-10(4-5-15)7-12(13)19-3/h6-7,9H,4-5,8,15H2,1-3H3,(H2,16,17). The molecule has 0 fully saturated rings. The van der Waals surface area contributed by atoms with Gasteiger partial charge in [0.2, 0.25) is 11.7 Å². The van der Waals surface area contributed by atoms with Crippen molar-refractivity contribution in [3.63, 3.8) is 0 Å². The van der Waals surface area contributed by atoms with Crippen LogP contribution in [-0.4, -0.2) is 33.3 Å². The van der Waals surface area contributed by atoms with Crippen molar-refractivity contribution < 1.29 is 19.0 Å². The van der Waals surface area contributed by atoms with Gasteiger partial charge in [0.15, 0.2) is 11.5 Å². The summed E-state index contributed by atoms with van der Waals surface area (Å²) >= 11 is 0. The van der Waals surface area contributed by atoms with E-state index >= 15 is 0 Å². The van der Waals surface area contributed by atoms with E-state index in [4.69, 9.17) is 25.7 Å². The Hall–Kier alpha value is -1.95. The molecule has 1 atom stereocenters. The maximum Gasteiger partial charge on any atom is 0.223 e. The van der Waals surface area contributed by atoms with Gasteiger partial charge in [0.05, 0.1) is 26.7 Å². The second-order valence-electron chi connectivity index (χ2n) is 4.48. The summed E-state index contributed by atoms with van der Waals surface area (Å²) in [6, 6.07) is 3.69. The fourth-order valence-electron chi connectivity index (χ4n) is 1.68. The minimum atomic E-state index is -0.414. The highest BCUT2D eigenvalue weighted by Gasteiger charge is 2.17. The van der Waals surface area contributed by atoms with E-state index in [1.807, 2.05) is 12.1 Å². The third-order valence-electron chi connectivity index (χ3n) is 2.92. The van der Waals surface area contributed by atoms with E-state index in [1.54, 1.807) is 21.1 Å². The number of methoxy groups -OCH3 is 2. The van der Waals surface area contributed by atoms with Crippen LogP contribution in [0.25, 0.3) is 0 Å². The van der Waals surface area contributed by atoms with Crippen LogP contribution >= 0.6 is 0 Å². The molecule has 6 nitrogen and oxygen atoms in total. The second-order valence-corrected chi connectivity index (χ2v) is 4.48. The largest absolute Gasteiger partial charge is 0.493 e. The highest BCUT2D eigenvalue weighted by Crippen LogP contribution is 2.38. The lowest BCUT2D eigenvalue weighted by Crippen LogP contribution is -2.26. The third kappa shape index (κ3) is 4.03. The van der Waals surface area contributed by atoms with E-state index in [0.29, 0.717) is 30.2 Å². The van der Waals surface area contributed by atoms with Crippen LogP contribution in [-0.2, 0) is 11.2 Å². The van der Waals surface area contributed by atoms with Crippen LogP contribution in [0.3, 0.4) is 0 Å². The molecule has 4 N–H and O–H groups in total. The molecule has 1 aromatic rings. The predicted molar refractivity (Wildman–Crippen MR) is 76.2 cm³/mol. The van der Waals surface area contributed by atoms with E-state index in [2.05, 4.69) is 0 Å². The summed E-state index contributed by atoms with van der Waals surface area (Å²) in [5, 5.41) is 0. The summed E-state index contributed by atoms with van der Waals surface area (Å²) in [5.41, 5.74) is 11.8. The number of benzene rings is 1. The average Bonchev–Trinajstić information content (AvgIpc) is 2.44. The van der Waals surface area contributed by atoms with E-state index in [-0.39, 0.29) is 6.61 Å². The average molecular weight is 282 g/mol. The number of carbonyl (C=O) groups excluding carboxylic acids is 1. The third-order valence-corrected chi connectivity index (χ3v) is 2.92. The van der Waals surface area contributed by atoms with Gasteiger partial charge in [-0.1, -0.05) is 6.92 Å². The Morgan fingerprint density at radius 2 is 1.80 bits per heavy atom. The number of amides is 1. The second kappa shape index (κ2) is 7.59. The Kier molecular flexibility index (Phi) is 6.11. The molecule has 0 aliphatic heterocycles. The quantitative estimate of drug-likeness (QED) is 0.731. The summed E-state index contributed by atoms with van der Waals surface area (Å²) in [5.74, 6) is 0.744. The summed E-state index contributed by atoms with van der Waals surface area (Å²) in [6.07, 6.45) is 0.713. The molecule has 0 aliphatic rings. The molecule has 0 bridgehead atoms. The number of ether oxygens (including phenoxy) is 3. The van der Waals surface area contributed by atoms with Crippen molar-refractivity contribution in [2.24, 2.45) is 17.4 Å². The van der Waals surface area contributed by atoms with E-state index < -0.39 is 11.8 Å². The van der Waals surface area contributed by atoms with Crippen LogP contribution in [0.5, 0.6) is 17.2 Å². The van der Waals surface area contributed by atoms with Gasteiger partial charge in [0.1, 0.15) is 0 Å². The fraction of sp³-hybridized carbons (Fsp3) is 0.500. The van der Waals surface area contributed by atoms with Crippen LogP contribution in [0.2, 0.25) is 0 Å². The molecule has 1 aromatic carbocycles. The molecule has 0 aliphatic carbocycles. The first-order chi connectivity index (χ1) is 9.53. The Labute approximate surface area is 119 Å². The molecule has 6 heteroatoms. The monoisotopic (exact) mass is 282 g/mol. The maximum absolute atomic E-state index is 11.0. The van der Waals surface area contributed by atoms with Crippen LogP contribution < -0.4 is 25.7 Å². The Balaban J connectivity index is 3.00. The van der Waals surface area contributed by atoms with Crippen LogP contribution in [0, 0.1) is 5.92 Å². The SMILES string of the molecule is COc1cc(CCN)cc(OC)c1OCC(C)C(N)=O. The van der Waals surface area contributed by atoms with Gasteiger partial charge in [-0.25, -0.2) is 0 Å². The first-order valence-corrected chi connectivity index (χ1v) is 6.40. The summed E-state index contributed by atoms with van der Waals surface area (Å²) < 4.78 is 16.2. The van der Waals surface area contributed by atoms with Crippen LogP contribution in [0.15, 0.2) is 12.1 Å². The molecular weight excluding hydrogens is 260 g/mol. The van der Waals surface area contributed by atoms with Gasteiger partial charge in [0.25, 0.3) is 0 Å². The van der Waals surface area contributed by atoms with Crippen molar-refractivity contribution in [1.82, 2.24) is 0 Å². The lowest BCUT2D eigenvalue weighted by molar-refractivity contribution is -0.122. The highest BCUT2D eigenvalue weighted by atomic mass is 16.5. The van der Waals surface area contributed by atoms with E-state index in [9.17, 15) is 4.79 Å². The molecule has 1 amide bonds. The summed E-state index contributed by atoms with van der Waals surface area (Å²) in [7, 11) is 3.09. The number of hydrogen-bond donors (Lipinski definition) is 2. The van der Waals surface area contributed by atoms with Gasteiger partial charge in [-0.3, -0.25) is 4.79 Å². The van der Waals surface area contributed by atoms with Crippen LogP contribution in [0.1, 0.15) is 12.5 Å². The minimum absolute atomic E-state index is 0.165. The zero-order chi connectivity index (χ0) is 15.1. The lowest BCUT2D eigenvalue weighted by atomic mass is 10.1. The molecule has 20 heavy (non-hydrogen) atoms. The molecule has 0 spiro atoms. The van der Waals surface area contributed by atoms with Gasteiger partial charge in [-0.05, 0) is 30.7 Å². The molecule has 1 rings (SSSR count). The fourth-order valence-corrected chi connectivity index (χ4v) is 1.68. The Morgan fingerprint density at radius 1 is 1.25 bits per heavy atom.